The van der Waals surface area contributed by atoms with Gasteiger partial charge in [-0.3, -0.25) is 4.79 Å². The van der Waals surface area contributed by atoms with Crippen molar-refractivity contribution in [3.05, 3.63) is 46.5 Å². The van der Waals surface area contributed by atoms with E-state index in [1.54, 1.807) is 23.9 Å². The number of hydrogen-bond donors (Lipinski definition) is 0. The van der Waals surface area contributed by atoms with Gasteiger partial charge in [0.2, 0.25) is 5.91 Å². The second-order valence-electron chi connectivity index (χ2n) is 5.39. The van der Waals surface area contributed by atoms with Gasteiger partial charge in [-0.2, -0.15) is 0 Å². The first kappa shape index (κ1) is 13.4. The Balaban J connectivity index is 1.73. The van der Waals surface area contributed by atoms with Gasteiger partial charge in [-0.25, -0.2) is 0 Å². The van der Waals surface area contributed by atoms with Crippen LogP contribution in [0.4, 0.5) is 0 Å². The number of furan rings is 1. The summed E-state index contributed by atoms with van der Waals surface area (Å²) in [5, 5.41) is 2.06. The molecule has 0 saturated heterocycles. The molecule has 0 aliphatic heterocycles. The molecule has 1 aliphatic rings. The first-order valence-corrected chi connectivity index (χ1v) is 8.03. The Bertz CT molecular complexity index is 491. The number of amides is 1. The molecule has 0 bridgehead atoms. The SMILES string of the molecule is O=C(C1CCCC1)N(Cc1ccoc1)Cc1cccs1. The Morgan fingerprint density at radius 3 is 2.80 bits per heavy atom. The van der Waals surface area contributed by atoms with Crippen molar-refractivity contribution in [3.63, 3.8) is 0 Å². The van der Waals surface area contributed by atoms with Crippen molar-refractivity contribution in [1.82, 2.24) is 4.90 Å². The molecule has 0 aromatic carbocycles. The van der Waals surface area contributed by atoms with E-state index in [4.69, 9.17) is 4.42 Å². The summed E-state index contributed by atoms with van der Waals surface area (Å²) >= 11 is 1.71. The molecule has 1 saturated carbocycles. The van der Waals surface area contributed by atoms with Crippen molar-refractivity contribution in [2.75, 3.05) is 0 Å². The van der Waals surface area contributed by atoms with Crippen LogP contribution >= 0.6 is 11.3 Å². The number of hydrogen-bond acceptors (Lipinski definition) is 3. The van der Waals surface area contributed by atoms with E-state index in [2.05, 4.69) is 11.4 Å². The highest BCUT2D eigenvalue weighted by Crippen LogP contribution is 2.28. The Kier molecular flexibility index (Phi) is 4.21. The fourth-order valence-electron chi connectivity index (χ4n) is 2.84. The van der Waals surface area contributed by atoms with Gasteiger partial charge in [0.15, 0.2) is 0 Å². The predicted octanol–water partition coefficient (Wildman–Crippen LogP) is 4.06. The first-order chi connectivity index (χ1) is 9.83. The van der Waals surface area contributed by atoms with Crippen molar-refractivity contribution in [2.24, 2.45) is 5.92 Å². The highest BCUT2D eigenvalue weighted by molar-refractivity contribution is 7.09. The van der Waals surface area contributed by atoms with E-state index in [9.17, 15) is 4.79 Å². The Labute approximate surface area is 123 Å². The maximum atomic E-state index is 12.7. The summed E-state index contributed by atoms with van der Waals surface area (Å²) in [6.45, 7) is 1.35. The maximum Gasteiger partial charge on any atom is 0.226 e. The van der Waals surface area contributed by atoms with Crippen LogP contribution in [0.3, 0.4) is 0 Å². The molecule has 4 heteroatoms. The number of rotatable bonds is 5. The van der Waals surface area contributed by atoms with Crippen molar-refractivity contribution >= 4 is 17.2 Å². The summed E-state index contributed by atoms with van der Waals surface area (Å²) in [6.07, 6.45) is 7.86. The third kappa shape index (κ3) is 3.12. The lowest BCUT2D eigenvalue weighted by Gasteiger charge is -2.24. The normalized spacial score (nSPS) is 15.6. The van der Waals surface area contributed by atoms with Gasteiger partial charge in [0.25, 0.3) is 0 Å². The first-order valence-electron chi connectivity index (χ1n) is 7.15. The van der Waals surface area contributed by atoms with Crippen molar-refractivity contribution < 1.29 is 9.21 Å². The second kappa shape index (κ2) is 6.27. The topological polar surface area (TPSA) is 33.5 Å². The molecule has 106 valence electrons. The minimum Gasteiger partial charge on any atom is -0.472 e. The lowest BCUT2D eigenvalue weighted by molar-refractivity contribution is -0.136. The van der Waals surface area contributed by atoms with E-state index in [0.717, 1.165) is 18.4 Å². The van der Waals surface area contributed by atoms with E-state index >= 15 is 0 Å². The van der Waals surface area contributed by atoms with E-state index in [1.807, 2.05) is 17.0 Å². The van der Waals surface area contributed by atoms with Crippen LogP contribution in [-0.4, -0.2) is 10.8 Å². The van der Waals surface area contributed by atoms with Crippen molar-refractivity contribution in [1.29, 1.82) is 0 Å². The molecule has 0 unspecified atom stereocenters. The van der Waals surface area contributed by atoms with Gasteiger partial charge in [0.1, 0.15) is 0 Å². The summed E-state index contributed by atoms with van der Waals surface area (Å²) in [7, 11) is 0. The molecule has 1 fully saturated rings. The van der Waals surface area contributed by atoms with Gasteiger partial charge in [-0.1, -0.05) is 18.9 Å². The van der Waals surface area contributed by atoms with E-state index in [-0.39, 0.29) is 5.92 Å². The van der Waals surface area contributed by atoms with Gasteiger partial charge in [0.05, 0.1) is 19.1 Å². The van der Waals surface area contributed by atoms with Gasteiger partial charge in [-0.15, -0.1) is 11.3 Å². The lowest BCUT2D eigenvalue weighted by Crippen LogP contribution is -2.34. The average Bonchev–Trinajstić information content (AvgIpc) is 3.20. The third-order valence-electron chi connectivity index (χ3n) is 3.90. The summed E-state index contributed by atoms with van der Waals surface area (Å²) in [4.78, 5) is 15.9. The van der Waals surface area contributed by atoms with Crippen LogP contribution < -0.4 is 0 Å². The molecule has 0 atom stereocenters. The highest BCUT2D eigenvalue weighted by atomic mass is 32.1. The molecular formula is C16H19NO2S. The fourth-order valence-corrected chi connectivity index (χ4v) is 3.56. The largest absolute Gasteiger partial charge is 0.472 e. The zero-order valence-electron chi connectivity index (χ0n) is 11.5. The van der Waals surface area contributed by atoms with Crippen LogP contribution in [0, 0.1) is 5.92 Å². The number of thiophene rings is 1. The van der Waals surface area contributed by atoms with Crippen LogP contribution in [0.15, 0.2) is 40.5 Å². The monoisotopic (exact) mass is 289 g/mol. The van der Waals surface area contributed by atoms with Crippen LogP contribution in [0.2, 0.25) is 0 Å². The molecule has 1 amide bonds. The molecule has 1 aliphatic carbocycles. The zero-order valence-corrected chi connectivity index (χ0v) is 12.3. The Hall–Kier alpha value is -1.55. The van der Waals surface area contributed by atoms with E-state index in [1.165, 1.54) is 17.7 Å². The molecule has 2 heterocycles. The number of carbonyl (C=O) groups is 1. The fraction of sp³-hybridized carbons (Fsp3) is 0.438. The molecule has 2 aromatic heterocycles. The number of carbonyl (C=O) groups excluding carboxylic acids is 1. The van der Waals surface area contributed by atoms with Crippen LogP contribution in [0.5, 0.6) is 0 Å². The van der Waals surface area contributed by atoms with Gasteiger partial charge < -0.3 is 9.32 Å². The molecule has 3 nitrogen and oxygen atoms in total. The third-order valence-corrected chi connectivity index (χ3v) is 4.76. The standard InChI is InChI=1S/C16H19NO2S/c18-16(14-4-1-2-5-14)17(10-13-7-8-19-12-13)11-15-6-3-9-20-15/h3,6-9,12,14H,1-2,4-5,10-11H2. The lowest BCUT2D eigenvalue weighted by atomic mass is 10.1. The van der Waals surface area contributed by atoms with Gasteiger partial charge in [-0.05, 0) is 30.4 Å². The molecule has 0 radical (unpaired) electrons. The molecule has 2 aromatic rings. The molecule has 3 rings (SSSR count). The molecule has 0 N–H and O–H groups in total. The van der Waals surface area contributed by atoms with Gasteiger partial charge >= 0.3 is 0 Å². The van der Waals surface area contributed by atoms with E-state index < -0.39 is 0 Å². The summed E-state index contributed by atoms with van der Waals surface area (Å²) in [6, 6.07) is 6.06. The highest BCUT2D eigenvalue weighted by Gasteiger charge is 2.27. The smallest absolute Gasteiger partial charge is 0.226 e. The minimum absolute atomic E-state index is 0.224. The predicted molar refractivity (Wildman–Crippen MR) is 79.2 cm³/mol. The summed E-state index contributed by atoms with van der Waals surface area (Å²) in [5.41, 5.74) is 1.06. The summed E-state index contributed by atoms with van der Waals surface area (Å²) < 4.78 is 5.12. The van der Waals surface area contributed by atoms with Crippen LogP contribution in [0.25, 0.3) is 0 Å². The van der Waals surface area contributed by atoms with Crippen molar-refractivity contribution in [3.8, 4) is 0 Å². The molecular weight excluding hydrogens is 270 g/mol. The summed E-state index contributed by atoms with van der Waals surface area (Å²) in [5.74, 6) is 0.527. The zero-order chi connectivity index (χ0) is 13.8. The quantitative estimate of drug-likeness (QED) is 0.831. The van der Waals surface area contributed by atoms with Gasteiger partial charge in [0, 0.05) is 22.9 Å². The average molecular weight is 289 g/mol. The molecule has 0 spiro atoms. The van der Waals surface area contributed by atoms with Crippen LogP contribution in [0.1, 0.15) is 36.1 Å². The molecule has 20 heavy (non-hydrogen) atoms. The van der Waals surface area contributed by atoms with Crippen molar-refractivity contribution in [2.45, 2.75) is 38.8 Å². The number of nitrogens with zero attached hydrogens (tertiary/aromatic N) is 1. The van der Waals surface area contributed by atoms with E-state index in [0.29, 0.717) is 19.0 Å². The maximum absolute atomic E-state index is 12.7. The Morgan fingerprint density at radius 2 is 2.15 bits per heavy atom. The Morgan fingerprint density at radius 1 is 1.30 bits per heavy atom. The second-order valence-corrected chi connectivity index (χ2v) is 6.42. The minimum atomic E-state index is 0.224. The van der Waals surface area contributed by atoms with Crippen LogP contribution in [-0.2, 0) is 17.9 Å².